The molecular weight excluding hydrogens is 452 g/mol. The van der Waals surface area contributed by atoms with E-state index in [0.29, 0.717) is 22.2 Å². The predicted octanol–water partition coefficient (Wildman–Crippen LogP) is 5.22. The fourth-order valence-electron chi connectivity index (χ4n) is 3.41. The number of para-hydroxylation sites is 1. The molecule has 0 aromatic heterocycles. The smallest absolute Gasteiger partial charge is 0.267 e. The highest BCUT2D eigenvalue weighted by molar-refractivity contribution is 8.18. The molecule has 0 spiro atoms. The van der Waals surface area contributed by atoms with Gasteiger partial charge in [-0.2, -0.15) is 0 Å². The first kappa shape index (κ1) is 23.3. The normalized spacial score (nSPS) is 15.7. The lowest BCUT2D eigenvalue weighted by molar-refractivity contribution is -0.122. The molecule has 1 saturated heterocycles. The highest BCUT2D eigenvalue weighted by Gasteiger charge is 2.33. The monoisotopic (exact) mass is 476 g/mol. The molecule has 0 radical (unpaired) electrons. The second-order valence-electron chi connectivity index (χ2n) is 7.35. The lowest BCUT2D eigenvalue weighted by Gasteiger charge is -2.16. The molecule has 3 aromatic carbocycles. The van der Waals surface area contributed by atoms with Crippen molar-refractivity contribution in [3.8, 4) is 23.0 Å². The molecule has 1 amide bonds. The third-order valence-corrected chi connectivity index (χ3v) is 6.18. The molecule has 3 aromatic rings. The zero-order chi connectivity index (χ0) is 24.1. The number of aromatic hydroxyl groups is 1. The van der Waals surface area contributed by atoms with Crippen LogP contribution in [-0.4, -0.2) is 42.4 Å². The van der Waals surface area contributed by atoms with Gasteiger partial charge in [0.2, 0.25) is 5.75 Å². The van der Waals surface area contributed by atoms with E-state index in [1.165, 1.54) is 26.0 Å². The summed E-state index contributed by atoms with van der Waals surface area (Å²) in [6.07, 6.45) is 1.74. The van der Waals surface area contributed by atoms with Crippen molar-refractivity contribution in [2.75, 3.05) is 21.3 Å². The summed E-state index contributed by atoms with van der Waals surface area (Å²) in [5, 5.41) is 10.8. The summed E-state index contributed by atoms with van der Waals surface area (Å²) in [6, 6.07) is 20.4. The van der Waals surface area contributed by atoms with E-state index in [9.17, 15) is 9.90 Å². The number of rotatable bonds is 7. The largest absolute Gasteiger partial charge is 0.502 e. The Morgan fingerprint density at radius 3 is 2.18 bits per heavy atom. The zero-order valence-electron chi connectivity index (χ0n) is 19.0. The number of phenols is 1. The number of amides is 1. The first-order valence-electron chi connectivity index (χ1n) is 10.5. The number of benzene rings is 3. The Morgan fingerprint density at radius 2 is 1.59 bits per heavy atom. The maximum absolute atomic E-state index is 13.4. The molecule has 34 heavy (non-hydrogen) atoms. The number of methoxy groups -OCH3 is 3. The van der Waals surface area contributed by atoms with Gasteiger partial charge in [-0.3, -0.25) is 9.69 Å². The number of hydrogen-bond donors (Lipinski definition) is 1. The van der Waals surface area contributed by atoms with Crippen LogP contribution in [0.15, 0.2) is 76.6 Å². The zero-order valence-corrected chi connectivity index (χ0v) is 19.8. The summed E-state index contributed by atoms with van der Waals surface area (Å²) < 4.78 is 15.7. The second kappa shape index (κ2) is 10.4. The molecule has 1 N–H and O–H groups in total. The molecule has 1 fully saturated rings. The van der Waals surface area contributed by atoms with Gasteiger partial charge in [-0.05, 0) is 65.4 Å². The number of carbonyl (C=O) groups excluding carboxylic acids is 1. The van der Waals surface area contributed by atoms with Crippen molar-refractivity contribution in [2.45, 2.75) is 6.54 Å². The van der Waals surface area contributed by atoms with Gasteiger partial charge in [-0.15, -0.1) is 0 Å². The average molecular weight is 477 g/mol. The number of aliphatic imine (C=N–C) groups is 1. The Hall–Kier alpha value is -3.91. The third kappa shape index (κ3) is 5.02. The van der Waals surface area contributed by atoms with Gasteiger partial charge in [0.05, 0.1) is 38.5 Å². The summed E-state index contributed by atoms with van der Waals surface area (Å²) in [5.41, 5.74) is 2.36. The maximum atomic E-state index is 13.4. The van der Waals surface area contributed by atoms with Gasteiger partial charge in [0, 0.05) is 0 Å². The minimum absolute atomic E-state index is 0.0926. The lowest BCUT2D eigenvalue weighted by atomic mass is 10.1. The standard InChI is InChI=1S/C26H24N2O5S/c1-31-20-11-9-17(10-12-20)16-28-25(30)23(34-26(28)27-19-7-5-4-6-8-19)15-18-13-21(32-2)24(29)22(14-18)33-3/h4-15,29H,16H2,1-3H3/b23-15+,27-26?. The fraction of sp³-hybridized carbons (Fsp3) is 0.154. The number of nitrogens with zero attached hydrogens (tertiary/aromatic N) is 2. The Morgan fingerprint density at radius 1 is 0.941 bits per heavy atom. The Kier molecular flexibility index (Phi) is 7.08. The summed E-state index contributed by atoms with van der Waals surface area (Å²) in [6.45, 7) is 0.362. The van der Waals surface area contributed by atoms with Crippen molar-refractivity contribution in [3.05, 3.63) is 82.8 Å². The molecule has 0 bridgehead atoms. The second-order valence-corrected chi connectivity index (χ2v) is 8.36. The van der Waals surface area contributed by atoms with Gasteiger partial charge >= 0.3 is 0 Å². The average Bonchev–Trinajstić information content (AvgIpc) is 3.14. The van der Waals surface area contributed by atoms with Crippen LogP contribution in [-0.2, 0) is 11.3 Å². The minimum atomic E-state index is -0.165. The van der Waals surface area contributed by atoms with Gasteiger partial charge < -0.3 is 19.3 Å². The van der Waals surface area contributed by atoms with Crippen LogP contribution in [0.4, 0.5) is 5.69 Å². The van der Waals surface area contributed by atoms with Crippen molar-refractivity contribution >= 4 is 34.6 Å². The lowest BCUT2D eigenvalue weighted by Crippen LogP contribution is -2.28. The van der Waals surface area contributed by atoms with Crippen LogP contribution in [0, 0.1) is 0 Å². The van der Waals surface area contributed by atoms with E-state index >= 15 is 0 Å². The Balaban J connectivity index is 1.71. The van der Waals surface area contributed by atoms with Gasteiger partial charge in [0.15, 0.2) is 16.7 Å². The molecule has 7 nitrogen and oxygen atoms in total. The first-order valence-corrected chi connectivity index (χ1v) is 11.3. The molecular formula is C26H24N2O5S. The number of amidine groups is 1. The molecule has 8 heteroatoms. The van der Waals surface area contributed by atoms with Crippen LogP contribution in [0.1, 0.15) is 11.1 Å². The van der Waals surface area contributed by atoms with E-state index < -0.39 is 0 Å². The molecule has 0 unspecified atom stereocenters. The summed E-state index contributed by atoms with van der Waals surface area (Å²) in [4.78, 5) is 20.3. The topological polar surface area (TPSA) is 80.6 Å². The molecule has 0 saturated carbocycles. The van der Waals surface area contributed by atoms with E-state index in [2.05, 4.69) is 0 Å². The van der Waals surface area contributed by atoms with Crippen LogP contribution >= 0.6 is 11.8 Å². The summed E-state index contributed by atoms with van der Waals surface area (Å²) in [5.74, 6) is 1.01. The van der Waals surface area contributed by atoms with Gasteiger partial charge in [0.1, 0.15) is 5.75 Å². The Bertz CT molecular complexity index is 1210. The van der Waals surface area contributed by atoms with Crippen molar-refractivity contribution in [2.24, 2.45) is 4.99 Å². The minimum Gasteiger partial charge on any atom is -0.502 e. The molecule has 0 atom stereocenters. The van der Waals surface area contributed by atoms with Crippen LogP contribution in [0.5, 0.6) is 23.0 Å². The highest BCUT2D eigenvalue weighted by Crippen LogP contribution is 2.40. The first-order chi connectivity index (χ1) is 16.5. The predicted molar refractivity (Wildman–Crippen MR) is 134 cm³/mol. The highest BCUT2D eigenvalue weighted by atomic mass is 32.2. The molecule has 1 aliphatic rings. The van der Waals surface area contributed by atoms with Gasteiger partial charge in [-0.1, -0.05) is 30.3 Å². The third-order valence-electron chi connectivity index (χ3n) is 5.17. The molecule has 0 aliphatic carbocycles. The number of phenolic OH excluding ortho intramolecular Hbond substituents is 1. The molecule has 1 aliphatic heterocycles. The van der Waals surface area contributed by atoms with Gasteiger partial charge in [0.25, 0.3) is 5.91 Å². The molecule has 1 heterocycles. The summed E-state index contributed by atoms with van der Waals surface area (Å²) >= 11 is 1.29. The van der Waals surface area contributed by atoms with E-state index in [4.69, 9.17) is 19.2 Å². The van der Waals surface area contributed by atoms with E-state index in [1.54, 1.807) is 30.2 Å². The van der Waals surface area contributed by atoms with Crippen LogP contribution in [0.3, 0.4) is 0 Å². The number of carbonyl (C=O) groups is 1. The van der Waals surface area contributed by atoms with Crippen LogP contribution < -0.4 is 14.2 Å². The SMILES string of the molecule is COc1ccc(CN2C(=O)/C(=C\c3cc(OC)c(O)c(OC)c3)SC2=Nc2ccccc2)cc1. The number of hydrogen-bond acceptors (Lipinski definition) is 7. The van der Waals surface area contributed by atoms with Crippen LogP contribution in [0.2, 0.25) is 0 Å². The number of thioether (sulfide) groups is 1. The van der Waals surface area contributed by atoms with Crippen molar-refractivity contribution in [3.63, 3.8) is 0 Å². The Labute approximate surface area is 202 Å². The van der Waals surface area contributed by atoms with E-state index in [-0.39, 0.29) is 23.2 Å². The molecule has 174 valence electrons. The van der Waals surface area contributed by atoms with Gasteiger partial charge in [-0.25, -0.2) is 4.99 Å². The van der Waals surface area contributed by atoms with E-state index in [1.807, 2.05) is 54.6 Å². The number of ether oxygens (including phenoxy) is 3. The van der Waals surface area contributed by atoms with E-state index in [0.717, 1.165) is 17.0 Å². The quantitative estimate of drug-likeness (QED) is 0.471. The summed E-state index contributed by atoms with van der Waals surface area (Å²) in [7, 11) is 4.54. The van der Waals surface area contributed by atoms with Crippen LogP contribution in [0.25, 0.3) is 6.08 Å². The van der Waals surface area contributed by atoms with Crippen molar-refractivity contribution in [1.29, 1.82) is 0 Å². The maximum Gasteiger partial charge on any atom is 0.267 e. The van der Waals surface area contributed by atoms with Crippen molar-refractivity contribution < 1.29 is 24.1 Å². The fourth-order valence-corrected chi connectivity index (χ4v) is 4.40. The van der Waals surface area contributed by atoms with Crippen molar-refractivity contribution in [1.82, 2.24) is 4.90 Å². The molecule has 4 rings (SSSR count).